The lowest BCUT2D eigenvalue weighted by atomic mass is 10.0. The van der Waals surface area contributed by atoms with Crippen molar-refractivity contribution in [3.63, 3.8) is 0 Å². The Morgan fingerprint density at radius 2 is 1.62 bits per heavy atom. The lowest BCUT2D eigenvalue weighted by Gasteiger charge is -2.32. The van der Waals surface area contributed by atoms with Crippen LogP contribution in [0.3, 0.4) is 0 Å². The van der Waals surface area contributed by atoms with Crippen LogP contribution in [-0.2, 0) is 28.3 Å². The Morgan fingerprint density at radius 1 is 0.946 bits per heavy atom. The van der Waals surface area contributed by atoms with Crippen LogP contribution >= 0.6 is 35.0 Å². The Kier molecular flexibility index (Phi) is 11.8. The zero-order valence-corrected chi connectivity index (χ0v) is 23.7. The highest BCUT2D eigenvalue weighted by Crippen LogP contribution is 2.28. The Morgan fingerprint density at radius 3 is 2.30 bits per heavy atom. The molecule has 3 aromatic carbocycles. The monoisotopic (exact) mass is 556 g/mol. The van der Waals surface area contributed by atoms with Crippen molar-refractivity contribution in [2.75, 3.05) is 12.3 Å². The number of hydrogen-bond donors (Lipinski definition) is 1. The molecule has 2 amide bonds. The minimum absolute atomic E-state index is 0.124. The fourth-order valence-electron chi connectivity index (χ4n) is 4.02. The molecule has 0 saturated carbocycles. The van der Waals surface area contributed by atoms with Gasteiger partial charge in [0.1, 0.15) is 6.04 Å². The first kappa shape index (κ1) is 29.1. The molecular formula is C30H34Cl2N2O2S. The Balaban J connectivity index is 1.88. The van der Waals surface area contributed by atoms with Gasteiger partial charge in [0.25, 0.3) is 0 Å². The maximum absolute atomic E-state index is 13.8. The first-order valence-corrected chi connectivity index (χ1v) is 14.5. The van der Waals surface area contributed by atoms with E-state index < -0.39 is 6.04 Å². The summed E-state index contributed by atoms with van der Waals surface area (Å²) in [5, 5.41) is 3.99. The van der Waals surface area contributed by atoms with Gasteiger partial charge < -0.3 is 10.2 Å². The summed E-state index contributed by atoms with van der Waals surface area (Å²) in [6, 6.07) is 22.5. The minimum Gasteiger partial charge on any atom is -0.354 e. The summed E-state index contributed by atoms with van der Waals surface area (Å²) in [6.07, 6.45) is 2.24. The highest BCUT2D eigenvalue weighted by molar-refractivity contribution is 7.99. The summed E-state index contributed by atoms with van der Waals surface area (Å²) in [5.41, 5.74) is 4.01. The molecule has 4 nitrogen and oxygen atoms in total. The number of benzene rings is 3. The summed E-state index contributed by atoms with van der Waals surface area (Å²) in [7, 11) is 0. The van der Waals surface area contributed by atoms with E-state index in [0.717, 1.165) is 18.4 Å². The van der Waals surface area contributed by atoms with Gasteiger partial charge in [-0.15, -0.1) is 11.8 Å². The number of carbonyl (C=O) groups excluding carboxylic acids is 2. The van der Waals surface area contributed by atoms with E-state index in [2.05, 4.69) is 31.3 Å². The van der Waals surface area contributed by atoms with Crippen molar-refractivity contribution < 1.29 is 9.59 Å². The zero-order valence-electron chi connectivity index (χ0n) is 21.4. The maximum atomic E-state index is 13.8. The lowest BCUT2D eigenvalue weighted by Crippen LogP contribution is -2.51. The lowest BCUT2D eigenvalue weighted by molar-refractivity contribution is -0.139. The van der Waals surface area contributed by atoms with E-state index >= 15 is 0 Å². The molecule has 0 radical (unpaired) electrons. The molecule has 0 bridgehead atoms. The summed E-state index contributed by atoms with van der Waals surface area (Å²) >= 11 is 14.5. The number of halogens is 2. The third kappa shape index (κ3) is 8.80. The number of unbranched alkanes of at least 4 members (excludes halogenated alkanes) is 1. The van der Waals surface area contributed by atoms with Gasteiger partial charge in [0.2, 0.25) is 11.8 Å². The van der Waals surface area contributed by atoms with Crippen molar-refractivity contribution in [2.24, 2.45) is 0 Å². The van der Waals surface area contributed by atoms with Crippen molar-refractivity contribution in [3.8, 4) is 0 Å². The average molecular weight is 558 g/mol. The molecule has 0 aliphatic rings. The fourth-order valence-corrected chi connectivity index (χ4v) is 5.52. The number of nitrogens with zero attached hydrogens (tertiary/aromatic N) is 1. The van der Waals surface area contributed by atoms with Crippen LogP contribution in [0.25, 0.3) is 0 Å². The van der Waals surface area contributed by atoms with E-state index in [9.17, 15) is 9.59 Å². The molecule has 0 fully saturated rings. The zero-order chi connectivity index (χ0) is 26.6. The van der Waals surface area contributed by atoms with Crippen LogP contribution in [0.15, 0.2) is 72.8 Å². The molecule has 1 atom stereocenters. The summed E-state index contributed by atoms with van der Waals surface area (Å²) in [6.45, 7) is 4.87. The second-order valence-corrected chi connectivity index (χ2v) is 10.8. The van der Waals surface area contributed by atoms with Gasteiger partial charge in [0.15, 0.2) is 0 Å². The van der Waals surface area contributed by atoms with Crippen LogP contribution in [-0.4, -0.2) is 35.1 Å². The Hall–Kier alpha value is -2.47. The third-order valence-corrected chi connectivity index (χ3v) is 7.91. The molecular weight excluding hydrogens is 523 g/mol. The van der Waals surface area contributed by atoms with Gasteiger partial charge >= 0.3 is 0 Å². The second kappa shape index (κ2) is 15.1. The maximum Gasteiger partial charge on any atom is 0.243 e. The molecule has 1 N–H and O–H groups in total. The van der Waals surface area contributed by atoms with E-state index in [1.54, 1.807) is 34.9 Å². The van der Waals surface area contributed by atoms with Crippen molar-refractivity contribution in [1.29, 1.82) is 0 Å². The van der Waals surface area contributed by atoms with Crippen LogP contribution in [0.4, 0.5) is 0 Å². The van der Waals surface area contributed by atoms with Gasteiger partial charge in [-0.3, -0.25) is 9.59 Å². The molecule has 0 spiro atoms. The van der Waals surface area contributed by atoms with Crippen LogP contribution in [0.5, 0.6) is 0 Å². The number of hydrogen-bond acceptors (Lipinski definition) is 3. The van der Waals surface area contributed by atoms with Crippen LogP contribution < -0.4 is 5.32 Å². The SMILES string of the molecule is CCCCNC(=O)[C@@H](Cc1ccccc1)N(Cc1c(Cl)cccc1Cl)C(=O)CSCc1ccccc1C. The number of amides is 2. The molecule has 0 aliphatic carbocycles. The third-order valence-electron chi connectivity index (χ3n) is 6.24. The standard InChI is InChI=1S/C30H34Cl2N2O2S/c1-3-4-17-33-30(36)28(18-23-12-6-5-7-13-23)34(19-25-26(31)15-10-16-27(25)32)29(35)21-37-20-24-14-9-8-11-22(24)2/h5-16,28H,3-4,17-21H2,1-2H3,(H,33,36)/t28-/m1/s1. The van der Waals surface area contributed by atoms with E-state index in [1.165, 1.54) is 11.1 Å². The predicted octanol–water partition coefficient (Wildman–Crippen LogP) is 7.09. The first-order chi connectivity index (χ1) is 17.9. The highest BCUT2D eigenvalue weighted by atomic mass is 35.5. The van der Waals surface area contributed by atoms with Gasteiger partial charge in [0, 0.05) is 40.9 Å². The normalized spacial score (nSPS) is 11.7. The number of aryl methyl sites for hydroxylation is 1. The number of thioether (sulfide) groups is 1. The molecule has 3 aromatic rings. The summed E-state index contributed by atoms with van der Waals surface area (Å²) in [4.78, 5) is 28.9. The van der Waals surface area contributed by atoms with Crippen molar-refractivity contribution >= 4 is 46.8 Å². The van der Waals surface area contributed by atoms with Gasteiger partial charge in [-0.05, 0) is 42.2 Å². The summed E-state index contributed by atoms with van der Waals surface area (Å²) in [5.74, 6) is 0.661. The molecule has 0 aromatic heterocycles. The Labute approximate surface area is 234 Å². The first-order valence-electron chi connectivity index (χ1n) is 12.6. The minimum atomic E-state index is -0.696. The van der Waals surface area contributed by atoms with Gasteiger partial charge in [-0.2, -0.15) is 0 Å². The van der Waals surface area contributed by atoms with Crippen LogP contribution in [0, 0.1) is 6.92 Å². The van der Waals surface area contributed by atoms with Crippen LogP contribution in [0.1, 0.15) is 42.0 Å². The largest absolute Gasteiger partial charge is 0.354 e. The predicted molar refractivity (Wildman–Crippen MR) is 156 cm³/mol. The molecule has 0 aliphatic heterocycles. The molecule has 37 heavy (non-hydrogen) atoms. The quantitative estimate of drug-likeness (QED) is 0.228. The van der Waals surface area contributed by atoms with Gasteiger partial charge in [-0.25, -0.2) is 0 Å². The molecule has 196 valence electrons. The molecule has 7 heteroatoms. The molecule has 3 rings (SSSR count). The van der Waals surface area contributed by atoms with Gasteiger partial charge in [0.05, 0.1) is 5.75 Å². The van der Waals surface area contributed by atoms with E-state index in [0.29, 0.717) is 34.3 Å². The molecule has 0 saturated heterocycles. The number of rotatable bonds is 13. The number of nitrogens with one attached hydrogen (secondary N) is 1. The average Bonchev–Trinajstić information content (AvgIpc) is 2.89. The second-order valence-electron chi connectivity index (χ2n) is 8.99. The number of carbonyl (C=O) groups is 2. The van der Waals surface area contributed by atoms with Gasteiger partial charge in [-0.1, -0.05) is 97.2 Å². The fraction of sp³-hybridized carbons (Fsp3) is 0.333. The van der Waals surface area contributed by atoms with E-state index in [-0.39, 0.29) is 24.1 Å². The highest BCUT2D eigenvalue weighted by Gasteiger charge is 2.31. The molecule has 0 heterocycles. The van der Waals surface area contributed by atoms with Crippen molar-refractivity contribution in [3.05, 3.63) is 105 Å². The van der Waals surface area contributed by atoms with Crippen LogP contribution in [0.2, 0.25) is 10.0 Å². The van der Waals surface area contributed by atoms with E-state index in [4.69, 9.17) is 23.2 Å². The van der Waals surface area contributed by atoms with Crippen molar-refractivity contribution in [2.45, 2.75) is 51.4 Å². The topological polar surface area (TPSA) is 49.4 Å². The van der Waals surface area contributed by atoms with Crippen molar-refractivity contribution in [1.82, 2.24) is 10.2 Å². The van der Waals surface area contributed by atoms with E-state index in [1.807, 2.05) is 42.5 Å². The summed E-state index contributed by atoms with van der Waals surface area (Å²) < 4.78 is 0. The smallest absolute Gasteiger partial charge is 0.243 e. The molecule has 0 unspecified atom stereocenters. The Bertz CT molecular complexity index is 1150.